The Labute approximate surface area is 155 Å². The van der Waals surface area contributed by atoms with E-state index in [0.717, 1.165) is 0 Å². The molecule has 26 heavy (non-hydrogen) atoms. The summed E-state index contributed by atoms with van der Waals surface area (Å²) in [5.41, 5.74) is 6.63. The summed E-state index contributed by atoms with van der Waals surface area (Å²) < 4.78 is 24.3. The predicted octanol–water partition coefficient (Wildman–Crippen LogP) is 2.78. The van der Waals surface area contributed by atoms with Crippen molar-refractivity contribution in [2.75, 3.05) is 14.2 Å². The number of ether oxygens (including phenoxy) is 2. The molecule has 2 rings (SSSR count). The lowest BCUT2D eigenvalue weighted by atomic mass is 10.1. The highest BCUT2D eigenvalue weighted by Crippen LogP contribution is 2.25. The van der Waals surface area contributed by atoms with E-state index in [4.69, 9.17) is 32.2 Å². The average Bonchev–Trinajstić information content (AvgIpc) is 2.62. The van der Waals surface area contributed by atoms with E-state index < -0.39 is 17.8 Å². The van der Waals surface area contributed by atoms with Gasteiger partial charge >= 0.3 is 0 Å². The lowest BCUT2D eigenvalue weighted by Gasteiger charge is -2.17. The highest BCUT2D eigenvalue weighted by atomic mass is 35.5. The number of benzene rings is 2. The fraction of sp³-hybridized carbons (Fsp3) is 0.222. The third-order valence-corrected chi connectivity index (χ3v) is 4.13. The molecule has 0 bridgehead atoms. The van der Waals surface area contributed by atoms with Crippen molar-refractivity contribution in [3.8, 4) is 5.75 Å². The number of nitrogens with one attached hydrogen (secondary N) is 2. The van der Waals surface area contributed by atoms with Crippen LogP contribution in [0, 0.1) is 11.2 Å². The van der Waals surface area contributed by atoms with Crippen molar-refractivity contribution in [1.29, 1.82) is 5.41 Å². The number of nitrogens with two attached hydrogens (primary N) is 1. The molecule has 138 valence electrons. The molecular formula is C18H19ClFN3O3. The Morgan fingerprint density at radius 2 is 2.04 bits per heavy atom. The van der Waals surface area contributed by atoms with E-state index in [0.29, 0.717) is 21.9 Å². The number of hydrogen-bond donors (Lipinski definition) is 3. The summed E-state index contributed by atoms with van der Waals surface area (Å²) in [6.07, 6.45) is -1.11. The van der Waals surface area contributed by atoms with E-state index in [-0.39, 0.29) is 17.9 Å². The van der Waals surface area contributed by atoms with E-state index in [9.17, 15) is 9.18 Å². The molecule has 6 nitrogen and oxygen atoms in total. The Hall–Kier alpha value is -2.64. The highest BCUT2D eigenvalue weighted by molar-refractivity contribution is 6.31. The van der Waals surface area contributed by atoms with Gasteiger partial charge in [-0.3, -0.25) is 10.2 Å². The van der Waals surface area contributed by atoms with Crippen molar-refractivity contribution < 1.29 is 18.7 Å². The first-order valence-corrected chi connectivity index (χ1v) is 8.02. The fourth-order valence-corrected chi connectivity index (χ4v) is 2.60. The molecule has 1 atom stereocenters. The summed E-state index contributed by atoms with van der Waals surface area (Å²) in [7, 11) is 2.75. The van der Waals surface area contributed by atoms with E-state index in [2.05, 4.69) is 5.32 Å². The maximum absolute atomic E-state index is 14.2. The van der Waals surface area contributed by atoms with Gasteiger partial charge in [0.05, 0.1) is 7.11 Å². The number of carbonyl (C=O) groups is 1. The molecule has 0 fully saturated rings. The van der Waals surface area contributed by atoms with Crippen molar-refractivity contribution in [3.63, 3.8) is 0 Å². The van der Waals surface area contributed by atoms with Crippen LogP contribution in [0.3, 0.4) is 0 Å². The Balaban J connectivity index is 2.11. The van der Waals surface area contributed by atoms with E-state index >= 15 is 0 Å². The van der Waals surface area contributed by atoms with Gasteiger partial charge in [-0.25, -0.2) is 4.39 Å². The molecule has 0 spiro atoms. The van der Waals surface area contributed by atoms with Gasteiger partial charge in [-0.15, -0.1) is 0 Å². The standard InChI is InChI=1S/C18H19ClFN3O3/c1-25-12-5-6-13(15(20)8-12)16(26-2)18(24)23-9-11-4-3-10(17(21)22)7-14(11)19/h3-8,16H,9H2,1-2H3,(H3,21,22)(H,23,24)/t16-/m0/s1. The van der Waals surface area contributed by atoms with Crippen LogP contribution in [0.25, 0.3) is 0 Å². The van der Waals surface area contributed by atoms with Crippen LogP contribution in [0.4, 0.5) is 4.39 Å². The zero-order chi connectivity index (χ0) is 19.3. The van der Waals surface area contributed by atoms with Gasteiger partial charge < -0.3 is 20.5 Å². The maximum atomic E-state index is 14.2. The molecule has 0 saturated heterocycles. The summed E-state index contributed by atoms with van der Waals surface area (Å²) in [5, 5.41) is 10.4. The van der Waals surface area contributed by atoms with Gasteiger partial charge in [0.25, 0.3) is 5.91 Å². The van der Waals surface area contributed by atoms with Crippen molar-refractivity contribution in [2.24, 2.45) is 5.73 Å². The molecule has 0 aromatic heterocycles. The third-order valence-electron chi connectivity index (χ3n) is 3.78. The molecule has 1 amide bonds. The minimum atomic E-state index is -1.11. The van der Waals surface area contributed by atoms with Gasteiger partial charge in [-0.1, -0.05) is 23.7 Å². The molecule has 4 N–H and O–H groups in total. The monoisotopic (exact) mass is 379 g/mol. The lowest BCUT2D eigenvalue weighted by molar-refractivity contribution is -0.131. The first kappa shape index (κ1) is 19.7. The molecule has 0 aliphatic rings. The zero-order valence-electron chi connectivity index (χ0n) is 14.3. The van der Waals surface area contributed by atoms with E-state index in [1.165, 1.54) is 26.4 Å². The number of amides is 1. The molecular weight excluding hydrogens is 361 g/mol. The summed E-state index contributed by atoms with van der Waals surface area (Å²) in [5.74, 6) is -0.866. The normalized spacial score (nSPS) is 11.7. The van der Waals surface area contributed by atoms with Crippen LogP contribution in [0.2, 0.25) is 5.02 Å². The van der Waals surface area contributed by atoms with Crippen LogP contribution >= 0.6 is 11.6 Å². The Bertz CT molecular complexity index is 829. The smallest absolute Gasteiger partial charge is 0.254 e. The minimum Gasteiger partial charge on any atom is -0.497 e. The average molecular weight is 380 g/mol. The maximum Gasteiger partial charge on any atom is 0.254 e. The third kappa shape index (κ3) is 4.50. The minimum absolute atomic E-state index is 0.100. The second kappa shape index (κ2) is 8.64. The molecule has 0 heterocycles. The highest BCUT2D eigenvalue weighted by Gasteiger charge is 2.23. The number of amidine groups is 1. The first-order valence-electron chi connectivity index (χ1n) is 7.64. The zero-order valence-corrected chi connectivity index (χ0v) is 15.1. The number of methoxy groups -OCH3 is 2. The van der Waals surface area contributed by atoms with Gasteiger partial charge in [0.15, 0.2) is 6.10 Å². The molecule has 0 saturated carbocycles. The van der Waals surface area contributed by atoms with Crippen LogP contribution in [0.5, 0.6) is 5.75 Å². The number of hydrogen-bond acceptors (Lipinski definition) is 4. The largest absolute Gasteiger partial charge is 0.497 e. The molecule has 0 unspecified atom stereocenters. The van der Waals surface area contributed by atoms with Crippen LogP contribution in [-0.4, -0.2) is 26.0 Å². The van der Waals surface area contributed by atoms with Gasteiger partial charge in [0.1, 0.15) is 17.4 Å². The Kier molecular flexibility index (Phi) is 6.54. The summed E-state index contributed by atoms with van der Waals surface area (Å²) in [4.78, 5) is 12.4. The first-order chi connectivity index (χ1) is 12.4. The van der Waals surface area contributed by atoms with Gasteiger partial charge in [0, 0.05) is 35.9 Å². The van der Waals surface area contributed by atoms with Crippen LogP contribution in [0.1, 0.15) is 22.8 Å². The topological polar surface area (TPSA) is 97.4 Å². The molecule has 8 heteroatoms. The van der Waals surface area contributed by atoms with Crippen molar-refractivity contribution in [1.82, 2.24) is 5.32 Å². The summed E-state index contributed by atoms with van der Waals surface area (Å²) in [6.45, 7) is 0.119. The van der Waals surface area contributed by atoms with Crippen LogP contribution in [0.15, 0.2) is 36.4 Å². The molecule has 2 aromatic rings. The second-order valence-corrected chi connectivity index (χ2v) is 5.85. The number of rotatable bonds is 7. The predicted molar refractivity (Wildman–Crippen MR) is 97.0 cm³/mol. The summed E-state index contributed by atoms with van der Waals surface area (Å²) in [6, 6.07) is 9.02. The molecule has 0 radical (unpaired) electrons. The fourth-order valence-electron chi connectivity index (χ4n) is 2.36. The van der Waals surface area contributed by atoms with E-state index in [1.54, 1.807) is 24.3 Å². The molecule has 0 aliphatic carbocycles. The van der Waals surface area contributed by atoms with Crippen molar-refractivity contribution >= 4 is 23.3 Å². The molecule has 2 aromatic carbocycles. The molecule has 0 aliphatic heterocycles. The summed E-state index contributed by atoms with van der Waals surface area (Å²) >= 11 is 6.14. The lowest BCUT2D eigenvalue weighted by Crippen LogP contribution is -2.30. The van der Waals surface area contributed by atoms with Gasteiger partial charge in [0.2, 0.25) is 0 Å². The Morgan fingerprint density at radius 1 is 1.31 bits per heavy atom. The van der Waals surface area contributed by atoms with Crippen LogP contribution in [-0.2, 0) is 16.1 Å². The van der Waals surface area contributed by atoms with Gasteiger partial charge in [-0.05, 0) is 23.8 Å². The Morgan fingerprint density at radius 3 is 2.58 bits per heavy atom. The SMILES string of the molecule is COc1ccc([C@H](OC)C(=O)NCc2ccc(C(=N)N)cc2Cl)c(F)c1. The number of nitrogen functional groups attached to an aromatic ring is 1. The van der Waals surface area contributed by atoms with Gasteiger partial charge in [-0.2, -0.15) is 0 Å². The van der Waals surface area contributed by atoms with E-state index in [1.807, 2.05) is 0 Å². The van der Waals surface area contributed by atoms with Crippen LogP contribution < -0.4 is 15.8 Å². The second-order valence-electron chi connectivity index (χ2n) is 5.44. The quantitative estimate of drug-likeness (QED) is 0.509. The number of carbonyl (C=O) groups excluding carboxylic acids is 1. The number of halogens is 2. The van der Waals surface area contributed by atoms with Crippen molar-refractivity contribution in [2.45, 2.75) is 12.6 Å². The van der Waals surface area contributed by atoms with Crippen molar-refractivity contribution in [3.05, 3.63) is 63.9 Å².